The van der Waals surface area contributed by atoms with Crippen molar-refractivity contribution >= 4 is 71.0 Å². The molecule has 0 fully saturated rings. The molecule has 5 aromatic carbocycles. The van der Waals surface area contributed by atoms with Crippen LogP contribution in [-0.4, -0.2) is 37.0 Å². The van der Waals surface area contributed by atoms with Crippen molar-refractivity contribution in [3.05, 3.63) is 102 Å². The van der Waals surface area contributed by atoms with Crippen LogP contribution in [0.4, 0.5) is 34.1 Å². The monoisotopic (exact) mass is 697 g/mol. The molecule has 0 spiro atoms. The van der Waals surface area contributed by atoms with E-state index in [-0.39, 0.29) is 62.4 Å². The maximum Gasteiger partial charge on any atom is 1.00 e. The van der Waals surface area contributed by atoms with Crippen LogP contribution in [0.25, 0.3) is 10.8 Å². The number of phenols is 1. The van der Waals surface area contributed by atoms with Crippen molar-refractivity contribution in [2.75, 3.05) is 11.1 Å². The third kappa shape index (κ3) is 8.29. The molecule has 5 aromatic rings. The Morgan fingerprint density at radius 2 is 1.35 bits per heavy atom. The van der Waals surface area contributed by atoms with Crippen LogP contribution < -0.4 is 40.6 Å². The number of nitrogens with one attached hydrogen (secondary N) is 1. The van der Waals surface area contributed by atoms with E-state index in [1.165, 1.54) is 31.2 Å². The van der Waals surface area contributed by atoms with E-state index in [2.05, 4.69) is 25.8 Å². The zero-order chi connectivity index (χ0) is 34.1. The number of fused-ring (bicyclic) bond motifs is 1. The van der Waals surface area contributed by atoms with E-state index in [1.54, 1.807) is 49.4 Å². The van der Waals surface area contributed by atoms with Gasteiger partial charge in [0.2, 0.25) is 0 Å². The van der Waals surface area contributed by atoms with E-state index >= 15 is 0 Å². The molecule has 0 unspecified atom stereocenters. The molecule has 0 bridgehead atoms. The number of phenolic OH excluding ortho intramolecular Hbond substituents is 1. The van der Waals surface area contributed by atoms with Gasteiger partial charge in [-0.3, -0.25) is 13.9 Å². The van der Waals surface area contributed by atoms with Crippen molar-refractivity contribution in [1.29, 1.82) is 0 Å². The number of amides is 1. The summed E-state index contributed by atoms with van der Waals surface area (Å²) >= 11 is 0. The number of azo groups is 2. The molecule has 240 valence electrons. The number of nitrogen functional groups attached to an aromatic ring is 1. The molecule has 6 N–H and O–H groups in total. The average Bonchev–Trinajstić information content (AvgIpc) is 3.00. The number of carbonyl (C=O) groups is 1. The number of aromatic hydroxyl groups is 1. The fourth-order valence-electron chi connectivity index (χ4n) is 4.49. The number of hydrogen-bond acceptors (Lipinski definition) is 11. The Bertz CT molecular complexity index is 2350. The van der Waals surface area contributed by atoms with E-state index in [1.807, 2.05) is 0 Å². The van der Waals surface area contributed by atoms with Gasteiger partial charge in [-0.2, -0.15) is 32.2 Å². The molecule has 0 aromatic heterocycles. The van der Waals surface area contributed by atoms with Gasteiger partial charge in [0.1, 0.15) is 10.6 Å². The van der Waals surface area contributed by atoms with E-state index in [9.17, 15) is 35.8 Å². The first-order valence-corrected chi connectivity index (χ1v) is 16.4. The smallest absolute Gasteiger partial charge is 0.505 e. The molecule has 0 aliphatic carbocycles. The molecule has 0 aliphatic heterocycles. The molecule has 14 nitrogen and oxygen atoms in total. The second kappa shape index (κ2) is 14.3. The fourth-order valence-corrected chi connectivity index (χ4v) is 5.72. The van der Waals surface area contributed by atoms with Gasteiger partial charge >= 0.3 is 29.6 Å². The van der Waals surface area contributed by atoms with Crippen molar-refractivity contribution in [3.8, 4) is 5.75 Å². The number of nitrogens with two attached hydrogens (primary N) is 1. The zero-order valence-electron chi connectivity index (χ0n) is 25.6. The fraction of sp³-hybridized carbons (Fsp3) is 0.0645. The number of hydrogen-bond donors (Lipinski definition) is 5. The van der Waals surface area contributed by atoms with E-state index in [0.29, 0.717) is 33.9 Å². The van der Waals surface area contributed by atoms with Gasteiger partial charge in [-0.15, -0.1) is 5.11 Å². The summed E-state index contributed by atoms with van der Waals surface area (Å²) in [5.74, 6) is -0.904. The molecule has 5 rings (SSSR count). The van der Waals surface area contributed by atoms with Crippen LogP contribution in [0.3, 0.4) is 0 Å². The standard InChI is InChI=1S/C31H26N6O8S2.Na/c1-17-13-22(33-31(39)19-3-5-21(32)6-4-19)8-11-26(17)35-34-23-7-10-25-20(15-23)16-28(47(43,44)45)29(30(25)38)37-36-27-12-9-24(14-18(27)2)46(40,41)42;/h3-16,38H,32H2,1-2H3,(H,33,39)(H,40,41,42)(H,43,44,45);/q;+1. The van der Waals surface area contributed by atoms with Crippen molar-refractivity contribution < 1.29 is 65.4 Å². The molecule has 48 heavy (non-hydrogen) atoms. The normalized spacial score (nSPS) is 12.0. The summed E-state index contributed by atoms with van der Waals surface area (Å²) in [7, 11) is -9.37. The Labute approximate surface area is 297 Å². The average molecular weight is 698 g/mol. The van der Waals surface area contributed by atoms with Gasteiger partial charge in [0, 0.05) is 22.3 Å². The quantitative estimate of drug-likeness (QED) is 0.0671. The molecule has 0 heterocycles. The van der Waals surface area contributed by atoms with E-state index in [4.69, 9.17) is 5.73 Å². The summed E-state index contributed by atoms with van der Waals surface area (Å²) in [4.78, 5) is 11.4. The van der Waals surface area contributed by atoms with E-state index < -0.39 is 36.6 Å². The third-order valence-electron chi connectivity index (χ3n) is 6.94. The van der Waals surface area contributed by atoms with Crippen LogP contribution in [0.15, 0.2) is 115 Å². The Balaban J connectivity index is 0.00000520. The van der Waals surface area contributed by atoms with Gasteiger partial charge in [0.25, 0.3) is 26.1 Å². The van der Waals surface area contributed by atoms with Crippen LogP contribution >= 0.6 is 0 Å². The minimum Gasteiger partial charge on any atom is -0.505 e. The SMILES string of the molecule is Cc1cc(NC(=O)c2ccc(N)cc2)ccc1N=Nc1ccc2c(O)c(N=Nc3ccc(S(=O)(=O)O)cc3C)c(S(=O)(=O)O)cc2c1.[Na+]. The molecule has 0 radical (unpaired) electrons. The maximum atomic E-state index is 12.5. The maximum absolute atomic E-state index is 12.5. The third-order valence-corrected chi connectivity index (χ3v) is 8.65. The zero-order valence-corrected chi connectivity index (χ0v) is 29.3. The second-order valence-corrected chi connectivity index (χ2v) is 13.2. The van der Waals surface area contributed by atoms with Gasteiger partial charge in [-0.25, -0.2) is 0 Å². The van der Waals surface area contributed by atoms with Gasteiger partial charge in [-0.1, -0.05) is 0 Å². The largest absolute Gasteiger partial charge is 1.00 e. The number of carbonyl (C=O) groups excluding carboxylic acids is 1. The minimum atomic E-state index is -4.91. The van der Waals surface area contributed by atoms with Crippen molar-refractivity contribution in [1.82, 2.24) is 0 Å². The molecule has 0 aliphatic rings. The Morgan fingerprint density at radius 1 is 0.729 bits per heavy atom. The first-order valence-electron chi connectivity index (χ1n) is 13.6. The predicted molar refractivity (Wildman–Crippen MR) is 175 cm³/mol. The van der Waals surface area contributed by atoms with Gasteiger partial charge < -0.3 is 16.2 Å². The topological polar surface area (TPSA) is 234 Å². The summed E-state index contributed by atoms with van der Waals surface area (Å²) in [6, 6.07) is 20.5. The van der Waals surface area contributed by atoms with Crippen molar-refractivity contribution in [2.45, 2.75) is 23.6 Å². The predicted octanol–water partition coefficient (Wildman–Crippen LogP) is 4.32. The number of benzene rings is 5. The molecule has 0 atom stereocenters. The second-order valence-electron chi connectivity index (χ2n) is 10.4. The van der Waals surface area contributed by atoms with E-state index in [0.717, 1.165) is 18.2 Å². The summed E-state index contributed by atoms with van der Waals surface area (Å²) < 4.78 is 66.5. The first kappa shape index (κ1) is 36.3. The van der Waals surface area contributed by atoms with Crippen LogP contribution in [0.5, 0.6) is 5.75 Å². The van der Waals surface area contributed by atoms with Crippen LogP contribution in [0.1, 0.15) is 21.5 Å². The molecular weight excluding hydrogens is 671 g/mol. The molecule has 1 amide bonds. The van der Waals surface area contributed by atoms with Crippen molar-refractivity contribution in [3.63, 3.8) is 0 Å². The number of nitrogens with zero attached hydrogens (tertiary/aromatic N) is 4. The Morgan fingerprint density at radius 3 is 1.96 bits per heavy atom. The van der Waals surface area contributed by atoms with Crippen LogP contribution in [0.2, 0.25) is 0 Å². The van der Waals surface area contributed by atoms with Gasteiger partial charge in [0.05, 0.1) is 22.0 Å². The summed E-state index contributed by atoms with van der Waals surface area (Å²) in [6.07, 6.45) is 0. The first-order chi connectivity index (χ1) is 22.1. The van der Waals surface area contributed by atoms with Crippen molar-refractivity contribution in [2.24, 2.45) is 20.5 Å². The minimum absolute atomic E-state index is 0. The Hall–Kier alpha value is -4.55. The number of anilines is 2. The summed E-state index contributed by atoms with van der Waals surface area (Å²) in [5, 5.41) is 30.4. The van der Waals surface area contributed by atoms with Crippen LogP contribution in [0, 0.1) is 13.8 Å². The number of aryl methyl sites for hydroxylation is 2. The molecule has 0 saturated carbocycles. The summed E-state index contributed by atoms with van der Waals surface area (Å²) in [5.41, 5.74) is 8.53. The van der Waals surface area contributed by atoms with Gasteiger partial charge in [0.15, 0.2) is 5.75 Å². The Kier molecular flexibility index (Phi) is 10.8. The molecular formula is C31H26N6NaO8S2+. The van der Waals surface area contributed by atoms with Gasteiger partial charge in [-0.05, 0) is 115 Å². The molecule has 17 heteroatoms. The van der Waals surface area contributed by atoms with Crippen LogP contribution in [-0.2, 0) is 20.2 Å². The number of rotatable bonds is 8. The molecule has 0 saturated heterocycles. The summed E-state index contributed by atoms with van der Waals surface area (Å²) in [6.45, 7) is 3.27.